The number of hydrogen-bond donors (Lipinski definition) is 0. The molecule has 0 saturated carbocycles. The zero-order valence-corrected chi connectivity index (χ0v) is 14.7. The molecular weight excluding hydrogens is 376 g/mol. The number of benzene rings is 4. The molecule has 0 nitrogen and oxygen atoms in total. The van der Waals surface area contributed by atoms with Crippen molar-refractivity contribution in [2.75, 3.05) is 0 Å². The van der Waals surface area contributed by atoms with E-state index in [4.69, 9.17) is 0 Å². The molecule has 0 heterocycles. The first kappa shape index (κ1) is 15.7. The van der Waals surface area contributed by atoms with Crippen molar-refractivity contribution in [3.63, 3.8) is 0 Å². The molecule has 0 fully saturated rings. The molecule has 4 aromatic carbocycles. The monoisotopic (exact) mass is 392 g/mol. The summed E-state index contributed by atoms with van der Waals surface area (Å²) in [6.07, 6.45) is 0.503. The Hall–Kier alpha value is -1.77. The Morgan fingerprint density at radius 3 is 2.04 bits per heavy atom. The molecule has 0 bridgehead atoms. The van der Waals surface area contributed by atoms with Crippen molar-refractivity contribution in [1.29, 1.82) is 0 Å². The molecule has 4 aromatic rings. The third kappa shape index (κ3) is 2.54. The van der Waals surface area contributed by atoms with Crippen molar-refractivity contribution in [3.05, 3.63) is 60.2 Å². The molecule has 0 aliphatic heterocycles. The molecule has 0 amide bonds. The van der Waals surface area contributed by atoms with Gasteiger partial charge in [-0.05, 0) is 0 Å². The Balaban J connectivity index is 2.03. The van der Waals surface area contributed by atoms with Crippen LogP contribution in [0.3, 0.4) is 0 Å². The van der Waals surface area contributed by atoms with Gasteiger partial charge in [0.05, 0.1) is 0 Å². The van der Waals surface area contributed by atoms with Crippen LogP contribution in [-0.4, -0.2) is 20.0 Å². The first-order valence-electron chi connectivity index (χ1n) is 7.89. The van der Waals surface area contributed by atoms with E-state index >= 15 is 0 Å². The fraction of sp³-hybridized carbons (Fsp3) is 0.200. The van der Waals surface area contributed by atoms with Crippen LogP contribution in [0.5, 0.6) is 0 Å². The summed E-state index contributed by atoms with van der Waals surface area (Å²) in [5.41, 5.74) is 0.834. The minimum absolute atomic E-state index is 0.443. The van der Waals surface area contributed by atoms with E-state index in [-0.39, 0.29) is 0 Å². The van der Waals surface area contributed by atoms with E-state index in [1.807, 2.05) is 37.3 Å². The second-order valence-corrected chi connectivity index (χ2v) is 8.63. The first-order chi connectivity index (χ1) is 11.5. The van der Waals surface area contributed by atoms with E-state index in [1.54, 1.807) is 0 Å². The fourth-order valence-electron chi connectivity index (χ4n) is 3.57. The summed E-state index contributed by atoms with van der Waals surface area (Å²) in [6.45, 7) is 1.84. The third-order valence-corrected chi connectivity index (χ3v) is 6.95. The summed E-state index contributed by atoms with van der Waals surface area (Å²) in [6, 6.07) is 18.2. The molecule has 1 unspecified atom stereocenters. The Morgan fingerprint density at radius 1 is 0.833 bits per heavy atom. The van der Waals surface area contributed by atoms with Crippen molar-refractivity contribution in [1.82, 2.24) is 0 Å². The van der Waals surface area contributed by atoms with Gasteiger partial charge >= 0.3 is 144 Å². The molecule has 24 heavy (non-hydrogen) atoms. The predicted molar refractivity (Wildman–Crippen MR) is 95.0 cm³/mol. The van der Waals surface area contributed by atoms with E-state index in [0.29, 0.717) is 6.42 Å². The Bertz CT molecular complexity index is 1000. The van der Waals surface area contributed by atoms with Crippen LogP contribution < -0.4 is 0 Å². The van der Waals surface area contributed by atoms with Gasteiger partial charge in [0, 0.05) is 0 Å². The van der Waals surface area contributed by atoms with Gasteiger partial charge in [-0.25, -0.2) is 0 Å². The Morgan fingerprint density at radius 2 is 1.42 bits per heavy atom. The normalized spacial score (nSPS) is 14.0. The maximum atomic E-state index is 13.0. The first-order valence-corrected chi connectivity index (χ1v) is 9.73. The summed E-state index contributed by atoms with van der Waals surface area (Å²) >= 11 is -1.41. The molecule has 4 heteroatoms. The number of alkyl halides is 3. The van der Waals surface area contributed by atoms with Gasteiger partial charge in [0.15, 0.2) is 0 Å². The van der Waals surface area contributed by atoms with Crippen LogP contribution in [0.4, 0.5) is 13.2 Å². The predicted octanol–water partition coefficient (Wildman–Crippen LogP) is 6.26. The standard InChI is InChI=1S/C20H15F3Se/c1-2-17(24-20(21,22)23)15-10-8-14-7-6-12-4-3-5-13-9-11-16(15)19(14)18(12)13/h3-11,17H,2H2,1H3. The van der Waals surface area contributed by atoms with Gasteiger partial charge in [0.2, 0.25) is 0 Å². The van der Waals surface area contributed by atoms with Crippen molar-refractivity contribution >= 4 is 47.3 Å². The molecule has 0 aromatic heterocycles. The Kier molecular flexibility index (Phi) is 3.70. The maximum absolute atomic E-state index is 13.0. The summed E-state index contributed by atoms with van der Waals surface area (Å²) in [7, 11) is 0. The van der Waals surface area contributed by atoms with E-state index in [2.05, 4.69) is 24.3 Å². The van der Waals surface area contributed by atoms with Crippen LogP contribution in [0, 0.1) is 0 Å². The third-order valence-electron chi connectivity index (χ3n) is 4.56. The van der Waals surface area contributed by atoms with Crippen LogP contribution in [-0.2, 0) is 0 Å². The molecule has 0 radical (unpaired) electrons. The quantitative estimate of drug-likeness (QED) is 0.286. The van der Waals surface area contributed by atoms with Crippen LogP contribution in [0.2, 0.25) is 0 Å². The van der Waals surface area contributed by atoms with Crippen molar-refractivity contribution in [3.8, 4) is 0 Å². The van der Waals surface area contributed by atoms with Crippen LogP contribution >= 0.6 is 0 Å². The topological polar surface area (TPSA) is 0 Å². The van der Waals surface area contributed by atoms with E-state index < -0.39 is 24.8 Å². The summed E-state index contributed by atoms with van der Waals surface area (Å²) in [5, 5.41) is 2.50. The van der Waals surface area contributed by atoms with E-state index in [1.165, 1.54) is 0 Å². The van der Waals surface area contributed by atoms with Crippen LogP contribution in [0.15, 0.2) is 54.6 Å². The molecule has 0 aliphatic carbocycles. The van der Waals surface area contributed by atoms with E-state index in [0.717, 1.165) is 37.9 Å². The van der Waals surface area contributed by atoms with Crippen LogP contribution in [0.25, 0.3) is 32.3 Å². The van der Waals surface area contributed by atoms with E-state index in [9.17, 15) is 13.2 Å². The average molecular weight is 391 g/mol. The molecule has 122 valence electrons. The number of rotatable bonds is 3. The van der Waals surface area contributed by atoms with Crippen molar-refractivity contribution in [2.45, 2.75) is 23.2 Å². The number of halogens is 3. The zero-order chi connectivity index (χ0) is 16.9. The molecular formula is C20H15F3Se. The van der Waals surface area contributed by atoms with Gasteiger partial charge in [-0.15, -0.1) is 0 Å². The molecule has 0 N–H and O–H groups in total. The van der Waals surface area contributed by atoms with Gasteiger partial charge in [-0.2, -0.15) is 0 Å². The average Bonchev–Trinajstić information content (AvgIpc) is 2.57. The van der Waals surface area contributed by atoms with Crippen molar-refractivity contribution in [2.24, 2.45) is 0 Å². The second kappa shape index (κ2) is 5.65. The number of hydrogen-bond acceptors (Lipinski definition) is 0. The van der Waals surface area contributed by atoms with Gasteiger partial charge in [-0.1, -0.05) is 0 Å². The SMILES string of the molecule is CCC([Se]C(F)(F)F)c1ccc2ccc3cccc4ccc1c2c34. The Labute approximate surface area is 144 Å². The zero-order valence-electron chi connectivity index (χ0n) is 13.0. The fourth-order valence-corrected chi connectivity index (χ4v) is 5.29. The van der Waals surface area contributed by atoms with Gasteiger partial charge in [0.25, 0.3) is 0 Å². The molecule has 0 spiro atoms. The minimum atomic E-state index is -4.09. The summed E-state index contributed by atoms with van der Waals surface area (Å²) in [4.78, 5) is -0.443. The molecule has 1 atom stereocenters. The van der Waals surface area contributed by atoms with Crippen LogP contribution in [0.1, 0.15) is 23.7 Å². The summed E-state index contributed by atoms with van der Waals surface area (Å²) in [5.74, 6) is 0. The molecule has 0 saturated heterocycles. The van der Waals surface area contributed by atoms with Crippen molar-refractivity contribution < 1.29 is 13.2 Å². The molecule has 4 rings (SSSR count). The van der Waals surface area contributed by atoms with Gasteiger partial charge in [0.1, 0.15) is 0 Å². The second-order valence-electron chi connectivity index (χ2n) is 5.97. The van der Waals surface area contributed by atoms with Gasteiger partial charge < -0.3 is 0 Å². The van der Waals surface area contributed by atoms with Gasteiger partial charge in [-0.3, -0.25) is 0 Å². The molecule has 0 aliphatic rings. The summed E-state index contributed by atoms with van der Waals surface area (Å²) < 4.78 is 39.0.